The first-order chi connectivity index (χ1) is 16.4. The maximum atomic E-state index is 12.8. The van der Waals surface area contributed by atoms with Crippen LogP contribution in [0.2, 0.25) is 5.02 Å². The summed E-state index contributed by atoms with van der Waals surface area (Å²) in [6, 6.07) is 9.66. The van der Waals surface area contributed by atoms with Gasteiger partial charge in [0.25, 0.3) is 5.91 Å². The lowest BCUT2D eigenvalue weighted by Gasteiger charge is -2.29. The molecule has 2 aromatic rings. The molecule has 1 unspecified atom stereocenters. The summed E-state index contributed by atoms with van der Waals surface area (Å²) in [5, 5.41) is 8.48. The van der Waals surface area contributed by atoms with Crippen LogP contribution in [0.15, 0.2) is 36.4 Å². The van der Waals surface area contributed by atoms with Crippen LogP contribution in [0.1, 0.15) is 46.3 Å². The van der Waals surface area contributed by atoms with Crippen molar-refractivity contribution >= 4 is 41.0 Å². The number of aryl methyl sites for hydroxylation is 1. The minimum Gasteiger partial charge on any atom is -0.334 e. The minimum absolute atomic E-state index is 0.210. The van der Waals surface area contributed by atoms with Crippen LogP contribution in [-0.4, -0.2) is 41.2 Å². The van der Waals surface area contributed by atoms with Crippen molar-refractivity contribution in [3.05, 3.63) is 63.7 Å². The van der Waals surface area contributed by atoms with Gasteiger partial charge in [0.2, 0.25) is 11.8 Å². The third-order valence-electron chi connectivity index (χ3n) is 6.01. The zero-order valence-corrected chi connectivity index (χ0v) is 19.3. The highest BCUT2D eigenvalue weighted by atomic mass is 35.5. The van der Waals surface area contributed by atoms with E-state index in [1.165, 1.54) is 4.90 Å². The van der Waals surface area contributed by atoms with Crippen molar-refractivity contribution in [3.8, 4) is 0 Å². The van der Waals surface area contributed by atoms with Crippen LogP contribution < -0.4 is 21.7 Å². The van der Waals surface area contributed by atoms with Gasteiger partial charge in [-0.05, 0) is 60.7 Å². The summed E-state index contributed by atoms with van der Waals surface area (Å²) in [4.78, 5) is 50.4. The molecule has 0 saturated carbocycles. The molecule has 178 valence electrons. The van der Waals surface area contributed by atoms with Crippen molar-refractivity contribution in [2.75, 3.05) is 11.9 Å². The second-order valence-corrected chi connectivity index (χ2v) is 8.83. The molecule has 9 nitrogen and oxygen atoms in total. The molecule has 5 N–H and O–H groups in total. The fraction of sp³-hybridized carbons (Fsp3) is 0.333. The topological polar surface area (TPSA) is 134 Å². The normalized spacial score (nSPS) is 17.4. The molecule has 2 heterocycles. The summed E-state index contributed by atoms with van der Waals surface area (Å²) in [5.41, 5.74) is 9.32. The van der Waals surface area contributed by atoms with Crippen LogP contribution >= 0.6 is 11.6 Å². The van der Waals surface area contributed by atoms with E-state index in [0.29, 0.717) is 29.2 Å². The van der Waals surface area contributed by atoms with Crippen LogP contribution in [0.3, 0.4) is 0 Å². The van der Waals surface area contributed by atoms with Gasteiger partial charge >= 0.3 is 6.03 Å². The lowest BCUT2D eigenvalue weighted by Crippen LogP contribution is -2.52. The molecule has 34 heavy (non-hydrogen) atoms. The zero-order chi connectivity index (χ0) is 24.2. The van der Waals surface area contributed by atoms with Gasteiger partial charge in [0.05, 0.1) is 0 Å². The molecule has 0 aliphatic carbocycles. The van der Waals surface area contributed by atoms with Gasteiger partial charge < -0.3 is 21.3 Å². The van der Waals surface area contributed by atoms with Crippen molar-refractivity contribution < 1.29 is 19.2 Å². The molecule has 0 aromatic heterocycles. The number of nitrogens with zero attached hydrogens (tertiary/aromatic N) is 1. The smallest absolute Gasteiger partial charge is 0.319 e. The number of imide groups is 1. The Bertz CT molecular complexity index is 1150. The molecule has 1 fully saturated rings. The third-order valence-corrected chi connectivity index (χ3v) is 6.25. The molecular weight excluding hydrogens is 458 g/mol. The van der Waals surface area contributed by atoms with Gasteiger partial charge in [-0.3, -0.25) is 19.7 Å². The zero-order valence-electron chi connectivity index (χ0n) is 18.5. The number of fused-ring (bicyclic) bond motifs is 1. The Morgan fingerprint density at radius 2 is 2.00 bits per heavy atom. The van der Waals surface area contributed by atoms with Gasteiger partial charge in [-0.2, -0.15) is 0 Å². The Kier molecular flexibility index (Phi) is 7.14. The Morgan fingerprint density at radius 1 is 1.18 bits per heavy atom. The average molecular weight is 484 g/mol. The summed E-state index contributed by atoms with van der Waals surface area (Å²) in [6.45, 7) is 1.09. The Labute approximate surface area is 202 Å². The number of nitrogens with two attached hydrogens (primary N) is 1. The maximum Gasteiger partial charge on any atom is 0.319 e. The number of carbonyl (C=O) groups is 4. The summed E-state index contributed by atoms with van der Waals surface area (Å²) in [5.74, 6) is -0.989. The van der Waals surface area contributed by atoms with E-state index < -0.39 is 11.9 Å². The molecule has 2 aliphatic heterocycles. The largest absolute Gasteiger partial charge is 0.334 e. The molecule has 10 heteroatoms. The number of rotatable bonds is 7. The van der Waals surface area contributed by atoms with Crippen LogP contribution in [0.4, 0.5) is 10.5 Å². The second-order valence-electron chi connectivity index (χ2n) is 8.39. The number of hydrogen-bond donors (Lipinski definition) is 4. The van der Waals surface area contributed by atoms with E-state index in [0.717, 1.165) is 29.5 Å². The van der Waals surface area contributed by atoms with Crippen LogP contribution in [0, 0.1) is 0 Å². The summed E-state index contributed by atoms with van der Waals surface area (Å²) in [6.07, 6.45) is 2.05. The Hall–Kier alpha value is -3.43. The first-order valence-corrected chi connectivity index (χ1v) is 11.5. The van der Waals surface area contributed by atoms with E-state index in [4.69, 9.17) is 17.3 Å². The van der Waals surface area contributed by atoms with Crippen molar-refractivity contribution in [1.29, 1.82) is 0 Å². The molecule has 2 aromatic carbocycles. The number of nitrogens with one attached hydrogen (secondary N) is 3. The van der Waals surface area contributed by atoms with Crippen molar-refractivity contribution in [2.45, 2.75) is 44.8 Å². The lowest BCUT2D eigenvalue weighted by molar-refractivity contribution is -0.136. The molecule has 0 radical (unpaired) electrons. The SMILES string of the molecule is NCCCc1ccc(Cl)cc1NC(=O)NCc1ccc2c(c1)CN(C1CCC(=O)NC1=O)C2=O. The first kappa shape index (κ1) is 23.7. The Balaban J connectivity index is 1.38. The van der Waals surface area contributed by atoms with Crippen LogP contribution in [-0.2, 0) is 29.1 Å². The number of amides is 5. The van der Waals surface area contributed by atoms with Crippen LogP contribution in [0.5, 0.6) is 0 Å². The lowest BCUT2D eigenvalue weighted by atomic mass is 10.0. The number of urea groups is 1. The van der Waals surface area contributed by atoms with Gasteiger partial charge in [0.15, 0.2) is 0 Å². The van der Waals surface area contributed by atoms with Gasteiger partial charge in [0, 0.05) is 35.8 Å². The molecule has 2 aliphatic rings. The molecule has 1 atom stereocenters. The fourth-order valence-electron chi connectivity index (χ4n) is 4.26. The van der Waals surface area contributed by atoms with E-state index in [2.05, 4.69) is 16.0 Å². The summed E-state index contributed by atoms with van der Waals surface area (Å²) in [7, 11) is 0. The standard InChI is InChI=1S/C24H26ClN5O4/c25-17-5-4-15(2-1-9-26)19(11-17)28-24(34)27-12-14-3-6-18-16(10-14)13-30(23(18)33)20-7-8-21(31)29-22(20)32/h3-6,10-11,20H,1-2,7-9,12-13,26H2,(H2,27,28,34)(H,29,31,32). The monoisotopic (exact) mass is 483 g/mol. The van der Waals surface area contributed by atoms with Crippen molar-refractivity contribution in [3.63, 3.8) is 0 Å². The van der Waals surface area contributed by atoms with Gasteiger partial charge in [-0.25, -0.2) is 4.79 Å². The van der Waals surface area contributed by atoms with E-state index in [1.54, 1.807) is 24.3 Å². The summed E-state index contributed by atoms with van der Waals surface area (Å²) >= 11 is 6.09. The predicted octanol–water partition coefficient (Wildman–Crippen LogP) is 2.31. The predicted molar refractivity (Wildman–Crippen MR) is 127 cm³/mol. The average Bonchev–Trinajstić information content (AvgIpc) is 3.12. The van der Waals surface area contributed by atoms with Crippen molar-refractivity contribution in [2.24, 2.45) is 5.73 Å². The molecule has 1 saturated heterocycles. The van der Waals surface area contributed by atoms with E-state index in [9.17, 15) is 19.2 Å². The fourth-order valence-corrected chi connectivity index (χ4v) is 4.43. The number of piperidine rings is 1. The number of carbonyl (C=O) groups excluding carboxylic acids is 4. The molecular formula is C24H26ClN5O4. The molecule has 0 spiro atoms. The van der Waals surface area contributed by atoms with Gasteiger partial charge in [-0.15, -0.1) is 0 Å². The summed E-state index contributed by atoms with van der Waals surface area (Å²) < 4.78 is 0. The van der Waals surface area contributed by atoms with Gasteiger partial charge in [-0.1, -0.05) is 29.8 Å². The number of hydrogen-bond acceptors (Lipinski definition) is 5. The Morgan fingerprint density at radius 3 is 2.76 bits per heavy atom. The molecule has 0 bridgehead atoms. The highest BCUT2D eigenvalue weighted by molar-refractivity contribution is 6.31. The van der Waals surface area contributed by atoms with Gasteiger partial charge in [0.1, 0.15) is 6.04 Å². The maximum absolute atomic E-state index is 12.8. The quantitative estimate of drug-likeness (QED) is 0.448. The molecule has 4 rings (SSSR count). The number of halogens is 1. The van der Waals surface area contributed by atoms with Crippen LogP contribution in [0.25, 0.3) is 0 Å². The van der Waals surface area contributed by atoms with E-state index in [-0.39, 0.29) is 37.4 Å². The van der Waals surface area contributed by atoms with E-state index >= 15 is 0 Å². The second kappa shape index (κ2) is 10.2. The first-order valence-electron chi connectivity index (χ1n) is 11.2. The number of benzene rings is 2. The third kappa shape index (κ3) is 5.21. The highest BCUT2D eigenvalue weighted by Gasteiger charge is 2.39. The van der Waals surface area contributed by atoms with Crippen molar-refractivity contribution in [1.82, 2.24) is 15.5 Å². The highest BCUT2D eigenvalue weighted by Crippen LogP contribution is 2.28. The van der Waals surface area contributed by atoms with E-state index in [1.807, 2.05) is 12.1 Å². The number of anilines is 1. The minimum atomic E-state index is -0.656. The molecule has 5 amide bonds.